The Kier molecular flexibility index (Phi) is 5.47. The number of rotatable bonds is 5. The summed E-state index contributed by atoms with van der Waals surface area (Å²) in [6.07, 6.45) is 1.29. The number of ether oxygens (including phenoxy) is 1. The van der Waals surface area contributed by atoms with Crippen LogP contribution in [0.3, 0.4) is 0 Å². The Hall–Kier alpha value is -2.11. The Balaban J connectivity index is 1.98. The molecule has 0 heterocycles. The number of carbonyl (C=O) groups is 2. The molecule has 0 aromatic heterocycles. The van der Waals surface area contributed by atoms with E-state index in [9.17, 15) is 14.0 Å². The van der Waals surface area contributed by atoms with Crippen LogP contribution in [0.1, 0.15) is 46.1 Å². The molecule has 0 saturated heterocycles. The van der Waals surface area contributed by atoms with E-state index in [4.69, 9.17) is 4.74 Å². The average molecular weight is 336 g/mol. The van der Waals surface area contributed by atoms with Crippen molar-refractivity contribution < 1.29 is 18.7 Å². The Bertz CT molecular complexity index is 591. The van der Waals surface area contributed by atoms with E-state index in [-0.39, 0.29) is 17.8 Å². The predicted octanol–water partition coefficient (Wildman–Crippen LogP) is 3.23. The molecule has 1 atom stereocenters. The van der Waals surface area contributed by atoms with E-state index in [0.29, 0.717) is 6.54 Å². The van der Waals surface area contributed by atoms with Crippen molar-refractivity contribution >= 4 is 12.0 Å². The molecule has 0 bridgehead atoms. The smallest absolute Gasteiger partial charge is 0.408 e. The summed E-state index contributed by atoms with van der Waals surface area (Å²) in [5.41, 5.74) is 0.248. The molecule has 132 valence electrons. The SMILES string of the molecule is CC(NC(=O)OC(C)(C)C)C(=O)N(Cc1ccc(F)cc1)C1CC1. The summed E-state index contributed by atoms with van der Waals surface area (Å²) in [6, 6.07) is 5.61. The van der Waals surface area contributed by atoms with Crippen LogP contribution in [0.4, 0.5) is 9.18 Å². The topological polar surface area (TPSA) is 58.6 Å². The number of nitrogens with one attached hydrogen (secondary N) is 1. The van der Waals surface area contributed by atoms with Gasteiger partial charge in [-0.15, -0.1) is 0 Å². The molecule has 24 heavy (non-hydrogen) atoms. The van der Waals surface area contributed by atoms with Gasteiger partial charge in [0.15, 0.2) is 0 Å². The van der Waals surface area contributed by atoms with Gasteiger partial charge in [-0.1, -0.05) is 12.1 Å². The van der Waals surface area contributed by atoms with Crippen LogP contribution in [0, 0.1) is 5.82 Å². The van der Waals surface area contributed by atoms with Gasteiger partial charge in [-0.3, -0.25) is 4.79 Å². The second-order valence-corrected chi connectivity index (χ2v) is 7.19. The van der Waals surface area contributed by atoms with Gasteiger partial charge in [0.2, 0.25) is 5.91 Å². The van der Waals surface area contributed by atoms with Gasteiger partial charge in [0.1, 0.15) is 17.5 Å². The molecule has 1 aromatic carbocycles. The van der Waals surface area contributed by atoms with Crippen LogP contribution in [0.5, 0.6) is 0 Å². The van der Waals surface area contributed by atoms with Crippen molar-refractivity contribution in [3.8, 4) is 0 Å². The van der Waals surface area contributed by atoms with E-state index >= 15 is 0 Å². The maximum atomic E-state index is 13.0. The van der Waals surface area contributed by atoms with Gasteiger partial charge in [-0.2, -0.15) is 0 Å². The zero-order valence-corrected chi connectivity index (χ0v) is 14.6. The molecule has 6 heteroatoms. The number of carbonyl (C=O) groups excluding carboxylic acids is 2. The summed E-state index contributed by atoms with van der Waals surface area (Å²) in [7, 11) is 0. The molecule has 2 rings (SSSR count). The molecule has 2 amide bonds. The van der Waals surface area contributed by atoms with Gasteiger partial charge in [-0.05, 0) is 58.2 Å². The van der Waals surface area contributed by atoms with Crippen LogP contribution in [-0.4, -0.2) is 34.6 Å². The van der Waals surface area contributed by atoms with Crippen LogP contribution in [0.25, 0.3) is 0 Å². The lowest BCUT2D eigenvalue weighted by Gasteiger charge is -2.27. The van der Waals surface area contributed by atoms with Crippen LogP contribution in [0.15, 0.2) is 24.3 Å². The fourth-order valence-electron chi connectivity index (χ4n) is 2.35. The minimum atomic E-state index is -0.680. The maximum absolute atomic E-state index is 13.0. The third-order valence-corrected chi connectivity index (χ3v) is 3.64. The molecule has 1 aliphatic rings. The van der Waals surface area contributed by atoms with Gasteiger partial charge in [-0.25, -0.2) is 9.18 Å². The number of hydrogen-bond acceptors (Lipinski definition) is 3. The molecule has 1 aromatic rings. The maximum Gasteiger partial charge on any atom is 0.408 e. The van der Waals surface area contributed by atoms with Crippen molar-refractivity contribution in [2.75, 3.05) is 0 Å². The van der Waals surface area contributed by atoms with E-state index in [0.717, 1.165) is 18.4 Å². The minimum Gasteiger partial charge on any atom is -0.444 e. The van der Waals surface area contributed by atoms with Crippen molar-refractivity contribution in [2.45, 2.75) is 64.8 Å². The monoisotopic (exact) mass is 336 g/mol. The van der Waals surface area contributed by atoms with Crippen molar-refractivity contribution in [2.24, 2.45) is 0 Å². The van der Waals surface area contributed by atoms with Gasteiger partial charge < -0.3 is 15.0 Å². The van der Waals surface area contributed by atoms with Crippen molar-refractivity contribution in [1.82, 2.24) is 10.2 Å². The summed E-state index contributed by atoms with van der Waals surface area (Å²) in [5, 5.41) is 2.58. The number of amides is 2. The molecule has 5 nitrogen and oxygen atoms in total. The lowest BCUT2D eigenvalue weighted by Crippen LogP contribution is -2.48. The third-order valence-electron chi connectivity index (χ3n) is 3.64. The second kappa shape index (κ2) is 7.20. The Labute approximate surface area is 142 Å². The summed E-state index contributed by atoms with van der Waals surface area (Å²) in [5.74, 6) is -0.462. The zero-order valence-electron chi connectivity index (χ0n) is 14.6. The quantitative estimate of drug-likeness (QED) is 0.898. The van der Waals surface area contributed by atoms with E-state index in [1.807, 2.05) is 0 Å². The van der Waals surface area contributed by atoms with E-state index in [2.05, 4.69) is 5.32 Å². The first kappa shape index (κ1) is 18.2. The summed E-state index contributed by atoms with van der Waals surface area (Å²) < 4.78 is 18.2. The van der Waals surface area contributed by atoms with Gasteiger partial charge in [0, 0.05) is 12.6 Å². The van der Waals surface area contributed by atoms with Crippen LogP contribution >= 0.6 is 0 Å². The first-order valence-corrected chi connectivity index (χ1v) is 8.20. The van der Waals surface area contributed by atoms with E-state index in [1.54, 1.807) is 44.7 Å². The van der Waals surface area contributed by atoms with Crippen LogP contribution < -0.4 is 5.32 Å². The molecule has 0 spiro atoms. The first-order chi connectivity index (χ1) is 11.2. The first-order valence-electron chi connectivity index (χ1n) is 8.20. The van der Waals surface area contributed by atoms with Crippen molar-refractivity contribution in [3.63, 3.8) is 0 Å². The normalized spacial score (nSPS) is 15.5. The minimum absolute atomic E-state index is 0.160. The zero-order chi connectivity index (χ0) is 17.9. The molecule has 1 fully saturated rings. The Morgan fingerprint density at radius 1 is 1.29 bits per heavy atom. The molecule has 1 N–H and O–H groups in total. The van der Waals surface area contributed by atoms with Crippen LogP contribution in [0.2, 0.25) is 0 Å². The lowest BCUT2D eigenvalue weighted by atomic mass is 10.2. The second-order valence-electron chi connectivity index (χ2n) is 7.19. The highest BCUT2D eigenvalue weighted by molar-refractivity contribution is 5.85. The highest BCUT2D eigenvalue weighted by atomic mass is 19.1. The van der Waals surface area contributed by atoms with Gasteiger partial charge in [0.25, 0.3) is 0 Å². The van der Waals surface area contributed by atoms with Gasteiger partial charge >= 0.3 is 6.09 Å². The van der Waals surface area contributed by atoms with Crippen LogP contribution in [-0.2, 0) is 16.1 Å². The fraction of sp³-hybridized carbons (Fsp3) is 0.556. The molecule has 1 unspecified atom stereocenters. The lowest BCUT2D eigenvalue weighted by molar-refractivity contribution is -0.134. The molecule has 1 aliphatic carbocycles. The molecular weight excluding hydrogens is 311 g/mol. The summed E-state index contributed by atoms with van der Waals surface area (Å²) in [4.78, 5) is 26.3. The molecule has 0 radical (unpaired) electrons. The van der Waals surface area contributed by atoms with Crippen molar-refractivity contribution in [3.05, 3.63) is 35.6 Å². The molecule has 1 saturated carbocycles. The average Bonchev–Trinajstić information content (AvgIpc) is 3.28. The number of halogens is 1. The number of hydrogen-bond donors (Lipinski definition) is 1. The fourth-order valence-corrected chi connectivity index (χ4v) is 2.35. The number of alkyl carbamates (subject to hydrolysis) is 1. The number of nitrogens with zero attached hydrogens (tertiary/aromatic N) is 1. The predicted molar refractivity (Wildman–Crippen MR) is 88.8 cm³/mol. The van der Waals surface area contributed by atoms with E-state index < -0.39 is 17.7 Å². The Morgan fingerprint density at radius 2 is 1.88 bits per heavy atom. The van der Waals surface area contributed by atoms with Crippen molar-refractivity contribution in [1.29, 1.82) is 0 Å². The highest BCUT2D eigenvalue weighted by Crippen LogP contribution is 2.29. The molecule has 0 aliphatic heterocycles. The largest absolute Gasteiger partial charge is 0.444 e. The highest BCUT2D eigenvalue weighted by Gasteiger charge is 2.35. The van der Waals surface area contributed by atoms with E-state index in [1.165, 1.54) is 12.1 Å². The standard InChI is InChI=1S/C18H25FN2O3/c1-12(20-17(23)24-18(2,3)4)16(22)21(15-9-10-15)11-13-5-7-14(19)8-6-13/h5-8,12,15H,9-11H2,1-4H3,(H,20,23). The molecular formula is C18H25FN2O3. The Morgan fingerprint density at radius 3 is 2.38 bits per heavy atom. The summed E-state index contributed by atoms with van der Waals surface area (Å²) in [6.45, 7) is 7.36. The summed E-state index contributed by atoms with van der Waals surface area (Å²) >= 11 is 0. The number of benzene rings is 1. The van der Waals surface area contributed by atoms with Gasteiger partial charge in [0.05, 0.1) is 0 Å². The third kappa shape index (κ3) is 5.51.